The quantitative estimate of drug-likeness (QED) is 0.917. The third-order valence-corrected chi connectivity index (χ3v) is 3.43. The number of aromatic nitrogens is 3. The van der Waals surface area contributed by atoms with Crippen molar-refractivity contribution in [2.75, 3.05) is 0 Å². The van der Waals surface area contributed by atoms with Crippen LogP contribution in [0.1, 0.15) is 38.1 Å². The zero-order valence-corrected chi connectivity index (χ0v) is 11.8. The van der Waals surface area contributed by atoms with Crippen molar-refractivity contribution >= 4 is 16.9 Å². The number of nitrogens with zero attached hydrogens (tertiary/aromatic N) is 3. The van der Waals surface area contributed by atoms with Crippen molar-refractivity contribution in [1.82, 2.24) is 20.3 Å². The summed E-state index contributed by atoms with van der Waals surface area (Å²) in [5.41, 5.74) is 2.34. The lowest BCUT2D eigenvalue weighted by atomic mass is 10.1. The van der Waals surface area contributed by atoms with Gasteiger partial charge in [-0.25, -0.2) is 4.68 Å². The zero-order chi connectivity index (χ0) is 14.0. The SMILES string of the molecule is CCn1nnc2cc(C(=O)NC(C)C(C)C)ccc21. The van der Waals surface area contributed by atoms with Crippen molar-refractivity contribution in [2.45, 2.75) is 40.3 Å². The van der Waals surface area contributed by atoms with Gasteiger partial charge in [0.1, 0.15) is 5.52 Å². The molecule has 5 nitrogen and oxygen atoms in total. The molecule has 1 amide bonds. The predicted octanol–water partition coefficient (Wildman–Crippen LogP) is 2.23. The van der Waals surface area contributed by atoms with Crippen LogP contribution in [-0.4, -0.2) is 26.9 Å². The molecular formula is C14H20N4O. The fourth-order valence-corrected chi connectivity index (χ4v) is 1.80. The topological polar surface area (TPSA) is 59.8 Å². The van der Waals surface area contributed by atoms with Crippen LogP contribution in [0.4, 0.5) is 0 Å². The number of benzene rings is 1. The minimum atomic E-state index is -0.0610. The molecule has 0 fully saturated rings. The first-order chi connectivity index (χ1) is 9.02. The summed E-state index contributed by atoms with van der Waals surface area (Å²) in [5.74, 6) is 0.350. The van der Waals surface area contributed by atoms with Gasteiger partial charge in [-0.15, -0.1) is 5.10 Å². The summed E-state index contributed by atoms with van der Waals surface area (Å²) in [4.78, 5) is 12.1. The maximum absolute atomic E-state index is 12.1. The predicted molar refractivity (Wildman–Crippen MR) is 75.0 cm³/mol. The Hall–Kier alpha value is -1.91. The minimum absolute atomic E-state index is 0.0610. The summed E-state index contributed by atoms with van der Waals surface area (Å²) in [6, 6.07) is 5.65. The van der Waals surface area contributed by atoms with Crippen LogP contribution in [0.3, 0.4) is 0 Å². The van der Waals surface area contributed by atoms with E-state index in [0.717, 1.165) is 17.6 Å². The molecular weight excluding hydrogens is 240 g/mol. The Kier molecular flexibility index (Phi) is 3.83. The van der Waals surface area contributed by atoms with E-state index in [2.05, 4.69) is 29.5 Å². The third-order valence-electron chi connectivity index (χ3n) is 3.43. The molecule has 1 aromatic carbocycles. The van der Waals surface area contributed by atoms with E-state index in [1.165, 1.54) is 0 Å². The highest BCUT2D eigenvalue weighted by atomic mass is 16.1. The Morgan fingerprint density at radius 3 is 2.74 bits per heavy atom. The van der Waals surface area contributed by atoms with Gasteiger partial charge in [0.05, 0.1) is 5.52 Å². The molecule has 2 aromatic rings. The highest BCUT2D eigenvalue weighted by molar-refractivity contribution is 5.97. The normalized spacial score (nSPS) is 12.9. The van der Waals surface area contributed by atoms with Crippen molar-refractivity contribution in [3.8, 4) is 0 Å². The maximum atomic E-state index is 12.1. The average Bonchev–Trinajstić information content (AvgIpc) is 2.80. The molecule has 1 N–H and O–H groups in total. The van der Waals surface area contributed by atoms with Crippen LogP contribution in [-0.2, 0) is 6.54 Å². The Labute approximate surface area is 113 Å². The van der Waals surface area contributed by atoms with Gasteiger partial charge in [0, 0.05) is 18.2 Å². The molecule has 0 spiro atoms. The van der Waals surface area contributed by atoms with E-state index in [1.54, 1.807) is 6.07 Å². The second kappa shape index (κ2) is 5.38. The van der Waals surface area contributed by atoms with Gasteiger partial charge in [0.15, 0.2) is 0 Å². The molecule has 1 heterocycles. The highest BCUT2D eigenvalue weighted by Crippen LogP contribution is 2.14. The first-order valence-electron chi connectivity index (χ1n) is 6.67. The number of rotatable bonds is 4. The van der Waals surface area contributed by atoms with E-state index >= 15 is 0 Å². The molecule has 0 bridgehead atoms. The van der Waals surface area contributed by atoms with Crippen LogP contribution in [0.5, 0.6) is 0 Å². The number of nitrogens with one attached hydrogen (secondary N) is 1. The third kappa shape index (κ3) is 2.75. The van der Waals surface area contributed by atoms with E-state index in [9.17, 15) is 4.79 Å². The molecule has 5 heteroatoms. The van der Waals surface area contributed by atoms with Crippen molar-refractivity contribution in [2.24, 2.45) is 5.92 Å². The molecule has 2 rings (SSSR count). The number of carbonyl (C=O) groups excluding carboxylic acids is 1. The molecule has 19 heavy (non-hydrogen) atoms. The fraction of sp³-hybridized carbons (Fsp3) is 0.500. The van der Waals surface area contributed by atoms with Crippen LogP contribution in [0.25, 0.3) is 11.0 Å². The summed E-state index contributed by atoms with van der Waals surface area (Å²) in [6.45, 7) is 8.96. The average molecular weight is 260 g/mol. The first kappa shape index (κ1) is 13.5. The lowest BCUT2D eigenvalue weighted by Crippen LogP contribution is -2.36. The number of fused-ring (bicyclic) bond motifs is 1. The smallest absolute Gasteiger partial charge is 0.251 e. The Bertz CT molecular complexity index is 588. The van der Waals surface area contributed by atoms with E-state index < -0.39 is 0 Å². The minimum Gasteiger partial charge on any atom is -0.349 e. The summed E-state index contributed by atoms with van der Waals surface area (Å²) in [6.07, 6.45) is 0. The molecule has 1 atom stereocenters. The molecule has 0 saturated heterocycles. The van der Waals surface area contributed by atoms with Gasteiger partial charge in [-0.1, -0.05) is 19.1 Å². The second-order valence-electron chi connectivity index (χ2n) is 5.11. The molecule has 0 aliphatic carbocycles. The first-order valence-corrected chi connectivity index (χ1v) is 6.67. The van der Waals surface area contributed by atoms with E-state index in [1.807, 2.05) is 30.7 Å². The number of hydrogen-bond donors (Lipinski definition) is 1. The van der Waals surface area contributed by atoms with Gasteiger partial charge < -0.3 is 5.32 Å². The van der Waals surface area contributed by atoms with Gasteiger partial charge in [0.25, 0.3) is 5.91 Å². The summed E-state index contributed by atoms with van der Waals surface area (Å²) in [7, 11) is 0. The molecule has 102 valence electrons. The largest absolute Gasteiger partial charge is 0.349 e. The van der Waals surface area contributed by atoms with Crippen molar-refractivity contribution < 1.29 is 4.79 Å². The van der Waals surface area contributed by atoms with Crippen molar-refractivity contribution in [3.63, 3.8) is 0 Å². The number of hydrogen-bond acceptors (Lipinski definition) is 3. The second-order valence-corrected chi connectivity index (χ2v) is 5.11. The van der Waals surface area contributed by atoms with Crippen LogP contribution in [0.2, 0.25) is 0 Å². The molecule has 1 unspecified atom stereocenters. The Balaban J connectivity index is 2.24. The molecule has 0 saturated carbocycles. The lowest BCUT2D eigenvalue weighted by Gasteiger charge is -2.17. The summed E-state index contributed by atoms with van der Waals surface area (Å²) < 4.78 is 1.81. The Morgan fingerprint density at radius 2 is 2.11 bits per heavy atom. The standard InChI is InChI=1S/C14H20N4O/c1-5-18-13-7-6-11(8-12(13)16-17-18)14(19)15-10(4)9(2)3/h6-10H,5H2,1-4H3,(H,15,19). The summed E-state index contributed by atoms with van der Waals surface area (Å²) in [5, 5.41) is 11.1. The van der Waals surface area contributed by atoms with Gasteiger partial charge in [-0.05, 0) is 38.0 Å². The Morgan fingerprint density at radius 1 is 1.37 bits per heavy atom. The van der Waals surface area contributed by atoms with Gasteiger partial charge in [-0.2, -0.15) is 0 Å². The maximum Gasteiger partial charge on any atom is 0.251 e. The van der Waals surface area contributed by atoms with Gasteiger partial charge >= 0.3 is 0 Å². The van der Waals surface area contributed by atoms with E-state index in [4.69, 9.17) is 0 Å². The number of carbonyl (C=O) groups is 1. The highest BCUT2D eigenvalue weighted by Gasteiger charge is 2.14. The van der Waals surface area contributed by atoms with Crippen molar-refractivity contribution in [1.29, 1.82) is 0 Å². The van der Waals surface area contributed by atoms with E-state index in [-0.39, 0.29) is 11.9 Å². The van der Waals surface area contributed by atoms with Crippen LogP contribution < -0.4 is 5.32 Å². The van der Waals surface area contributed by atoms with Crippen molar-refractivity contribution in [3.05, 3.63) is 23.8 Å². The van der Waals surface area contributed by atoms with Crippen LogP contribution in [0, 0.1) is 5.92 Å². The van der Waals surface area contributed by atoms with Crippen LogP contribution >= 0.6 is 0 Å². The number of amides is 1. The monoisotopic (exact) mass is 260 g/mol. The lowest BCUT2D eigenvalue weighted by molar-refractivity contribution is 0.0930. The van der Waals surface area contributed by atoms with E-state index in [0.29, 0.717) is 11.5 Å². The number of aryl methyl sites for hydroxylation is 1. The van der Waals surface area contributed by atoms with Gasteiger partial charge in [-0.3, -0.25) is 4.79 Å². The van der Waals surface area contributed by atoms with Gasteiger partial charge in [0.2, 0.25) is 0 Å². The fourth-order valence-electron chi connectivity index (χ4n) is 1.80. The molecule has 0 radical (unpaired) electrons. The molecule has 0 aliphatic heterocycles. The molecule has 1 aromatic heterocycles. The molecule has 0 aliphatic rings. The summed E-state index contributed by atoms with van der Waals surface area (Å²) >= 11 is 0. The van der Waals surface area contributed by atoms with Crippen LogP contribution in [0.15, 0.2) is 18.2 Å². The zero-order valence-electron chi connectivity index (χ0n) is 11.8.